The van der Waals surface area contributed by atoms with Gasteiger partial charge in [0.05, 0.1) is 7.11 Å². The van der Waals surface area contributed by atoms with Crippen molar-refractivity contribution >= 4 is 11.9 Å². The molecule has 1 amide bonds. The lowest BCUT2D eigenvalue weighted by Crippen LogP contribution is -2.46. The molecule has 3 N–H and O–H groups in total. The van der Waals surface area contributed by atoms with Gasteiger partial charge in [-0.25, -0.2) is 0 Å². The minimum Gasteiger partial charge on any atom is -0.497 e. The Labute approximate surface area is 168 Å². The van der Waals surface area contributed by atoms with Crippen molar-refractivity contribution in [2.75, 3.05) is 46.9 Å². The molecule has 1 aromatic rings. The third-order valence-corrected chi connectivity index (χ3v) is 5.17. The number of likely N-dealkylation sites (tertiary alicyclic amines) is 1. The summed E-state index contributed by atoms with van der Waals surface area (Å²) in [6, 6.07) is 7.85. The Balaban J connectivity index is 1.64. The third kappa shape index (κ3) is 7.03. The SMILES string of the molecule is CCC1CCCCN1CCNC(=NC)NCCNC(=O)c1cccc(OC)c1. The Morgan fingerprint density at radius 3 is 2.75 bits per heavy atom. The Morgan fingerprint density at radius 2 is 2.00 bits per heavy atom. The lowest BCUT2D eigenvalue weighted by molar-refractivity contribution is 0.0954. The van der Waals surface area contributed by atoms with Gasteiger partial charge in [-0.15, -0.1) is 0 Å². The molecule has 1 saturated heterocycles. The first kappa shape index (κ1) is 22.0. The largest absolute Gasteiger partial charge is 0.497 e. The van der Waals surface area contributed by atoms with Crippen molar-refractivity contribution in [3.05, 3.63) is 29.8 Å². The van der Waals surface area contributed by atoms with Crippen molar-refractivity contribution < 1.29 is 9.53 Å². The molecule has 2 rings (SSSR count). The number of guanidine groups is 1. The summed E-state index contributed by atoms with van der Waals surface area (Å²) in [5, 5.41) is 9.51. The summed E-state index contributed by atoms with van der Waals surface area (Å²) in [5.74, 6) is 1.33. The van der Waals surface area contributed by atoms with Gasteiger partial charge in [0.25, 0.3) is 5.91 Å². The molecule has 1 heterocycles. The minimum absolute atomic E-state index is 0.112. The maximum absolute atomic E-state index is 12.2. The van der Waals surface area contributed by atoms with Gasteiger partial charge in [0, 0.05) is 44.8 Å². The van der Waals surface area contributed by atoms with Gasteiger partial charge < -0.3 is 20.7 Å². The molecule has 1 aliphatic heterocycles. The number of benzene rings is 1. The molecule has 0 saturated carbocycles. The molecule has 0 radical (unpaired) electrons. The molecule has 1 unspecified atom stereocenters. The predicted octanol–water partition coefficient (Wildman–Crippen LogP) is 1.85. The van der Waals surface area contributed by atoms with E-state index in [0.29, 0.717) is 24.4 Å². The number of nitrogens with one attached hydrogen (secondary N) is 3. The molecule has 0 aromatic heterocycles. The fraction of sp³-hybridized carbons (Fsp3) is 0.619. The summed E-state index contributed by atoms with van der Waals surface area (Å²) in [6.07, 6.45) is 5.19. The molecule has 7 nitrogen and oxygen atoms in total. The van der Waals surface area contributed by atoms with Crippen LogP contribution in [0.4, 0.5) is 0 Å². The number of carbonyl (C=O) groups excluding carboxylic acids is 1. The van der Waals surface area contributed by atoms with Crippen molar-refractivity contribution in [2.45, 2.75) is 38.6 Å². The Morgan fingerprint density at radius 1 is 1.21 bits per heavy atom. The molecule has 0 spiro atoms. The number of methoxy groups -OCH3 is 1. The molecule has 1 aromatic carbocycles. The second kappa shape index (κ2) is 12.2. The number of amides is 1. The van der Waals surface area contributed by atoms with E-state index in [9.17, 15) is 4.79 Å². The number of nitrogens with zero attached hydrogens (tertiary/aromatic N) is 2. The van der Waals surface area contributed by atoms with Crippen molar-refractivity contribution in [1.82, 2.24) is 20.9 Å². The summed E-state index contributed by atoms with van der Waals surface area (Å²) in [7, 11) is 3.35. The molecule has 7 heteroatoms. The van der Waals surface area contributed by atoms with Crippen LogP contribution >= 0.6 is 0 Å². The van der Waals surface area contributed by atoms with Crippen LogP contribution in [0.3, 0.4) is 0 Å². The molecule has 0 bridgehead atoms. The van der Waals surface area contributed by atoms with E-state index in [-0.39, 0.29) is 5.91 Å². The fourth-order valence-electron chi connectivity index (χ4n) is 3.58. The van der Waals surface area contributed by atoms with Gasteiger partial charge in [-0.1, -0.05) is 19.4 Å². The summed E-state index contributed by atoms with van der Waals surface area (Å²) < 4.78 is 5.15. The Hall–Kier alpha value is -2.28. The summed E-state index contributed by atoms with van der Waals surface area (Å²) in [5.41, 5.74) is 0.592. The highest BCUT2D eigenvalue weighted by Crippen LogP contribution is 2.18. The average molecular weight is 390 g/mol. The van der Waals surface area contributed by atoms with Crippen LogP contribution in [-0.4, -0.2) is 69.7 Å². The molecular weight excluding hydrogens is 354 g/mol. The van der Waals surface area contributed by atoms with Crippen LogP contribution in [0, 0.1) is 0 Å². The van der Waals surface area contributed by atoms with E-state index in [1.807, 2.05) is 12.1 Å². The smallest absolute Gasteiger partial charge is 0.251 e. The lowest BCUT2D eigenvalue weighted by Gasteiger charge is -2.35. The van der Waals surface area contributed by atoms with Gasteiger partial charge in [0.15, 0.2) is 5.96 Å². The number of rotatable bonds is 9. The minimum atomic E-state index is -0.112. The fourth-order valence-corrected chi connectivity index (χ4v) is 3.58. The van der Waals surface area contributed by atoms with Crippen molar-refractivity contribution in [3.8, 4) is 5.75 Å². The molecular formula is C21H35N5O2. The number of ether oxygens (including phenoxy) is 1. The highest BCUT2D eigenvalue weighted by atomic mass is 16.5. The van der Waals surface area contributed by atoms with E-state index in [2.05, 4.69) is 32.8 Å². The number of aliphatic imine (C=N–C) groups is 1. The van der Waals surface area contributed by atoms with Gasteiger partial charge >= 0.3 is 0 Å². The van der Waals surface area contributed by atoms with E-state index < -0.39 is 0 Å². The first-order valence-electron chi connectivity index (χ1n) is 10.3. The zero-order valence-electron chi connectivity index (χ0n) is 17.5. The first-order valence-corrected chi connectivity index (χ1v) is 10.3. The van der Waals surface area contributed by atoms with Gasteiger partial charge in [-0.3, -0.25) is 14.7 Å². The van der Waals surface area contributed by atoms with E-state index in [1.54, 1.807) is 26.3 Å². The standard InChI is InChI=1S/C21H35N5O2/c1-4-18-9-5-6-14-26(18)15-13-25-21(22-2)24-12-11-23-20(27)17-8-7-10-19(16-17)28-3/h7-8,10,16,18H,4-6,9,11-15H2,1-3H3,(H,23,27)(H2,22,24,25). The van der Waals surface area contributed by atoms with Crippen LogP contribution in [-0.2, 0) is 0 Å². The summed E-state index contributed by atoms with van der Waals surface area (Å²) >= 11 is 0. The second-order valence-electron chi connectivity index (χ2n) is 7.01. The van der Waals surface area contributed by atoms with E-state index >= 15 is 0 Å². The molecule has 156 valence electrons. The van der Waals surface area contributed by atoms with Crippen LogP contribution in [0.1, 0.15) is 43.0 Å². The van der Waals surface area contributed by atoms with Crippen LogP contribution in [0.25, 0.3) is 0 Å². The molecule has 28 heavy (non-hydrogen) atoms. The Kier molecular flexibility index (Phi) is 9.62. The van der Waals surface area contributed by atoms with Crippen LogP contribution in [0.5, 0.6) is 5.75 Å². The van der Waals surface area contributed by atoms with E-state index in [4.69, 9.17) is 4.74 Å². The predicted molar refractivity (Wildman–Crippen MR) is 114 cm³/mol. The highest BCUT2D eigenvalue weighted by molar-refractivity contribution is 5.94. The van der Waals surface area contributed by atoms with Gasteiger partial charge in [0.1, 0.15) is 5.75 Å². The Bertz CT molecular complexity index is 635. The number of piperidine rings is 1. The lowest BCUT2D eigenvalue weighted by atomic mass is 10.0. The normalized spacial score (nSPS) is 17.8. The zero-order chi connectivity index (χ0) is 20.2. The topological polar surface area (TPSA) is 78.0 Å². The van der Waals surface area contributed by atoms with E-state index in [0.717, 1.165) is 25.1 Å². The number of hydrogen-bond donors (Lipinski definition) is 3. The summed E-state index contributed by atoms with van der Waals surface area (Å²) in [6.45, 7) is 6.49. The summed E-state index contributed by atoms with van der Waals surface area (Å²) in [4.78, 5) is 19.0. The van der Waals surface area contributed by atoms with Gasteiger partial charge in [0.2, 0.25) is 0 Å². The maximum Gasteiger partial charge on any atom is 0.251 e. The number of carbonyl (C=O) groups is 1. The third-order valence-electron chi connectivity index (χ3n) is 5.17. The van der Waals surface area contributed by atoms with Gasteiger partial charge in [-0.2, -0.15) is 0 Å². The first-order chi connectivity index (χ1) is 13.7. The van der Waals surface area contributed by atoms with E-state index in [1.165, 1.54) is 32.2 Å². The van der Waals surface area contributed by atoms with Crippen LogP contribution in [0.15, 0.2) is 29.3 Å². The molecule has 1 atom stereocenters. The van der Waals surface area contributed by atoms with Crippen molar-refractivity contribution in [2.24, 2.45) is 4.99 Å². The van der Waals surface area contributed by atoms with Crippen LogP contribution < -0.4 is 20.7 Å². The number of hydrogen-bond acceptors (Lipinski definition) is 4. The van der Waals surface area contributed by atoms with Gasteiger partial charge in [-0.05, 0) is 44.0 Å². The highest BCUT2D eigenvalue weighted by Gasteiger charge is 2.19. The zero-order valence-corrected chi connectivity index (χ0v) is 17.5. The molecule has 1 aliphatic rings. The maximum atomic E-state index is 12.2. The van der Waals surface area contributed by atoms with Crippen molar-refractivity contribution in [1.29, 1.82) is 0 Å². The molecule has 1 fully saturated rings. The second-order valence-corrected chi connectivity index (χ2v) is 7.01. The quantitative estimate of drug-likeness (QED) is 0.341. The van der Waals surface area contributed by atoms with Crippen LogP contribution in [0.2, 0.25) is 0 Å². The van der Waals surface area contributed by atoms with Crippen molar-refractivity contribution in [3.63, 3.8) is 0 Å². The average Bonchev–Trinajstić information content (AvgIpc) is 2.75. The monoisotopic (exact) mass is 389 g/mol. The molecule has 0 aliphatic carbocycles.